The van der Waals surface area contributed by atoms with Crippen LogP contribution in [0, 0.1) is 0 Å². The summed E-state index contributed by atoms with van der Waals surface area (Å²) in [6, 6.07) is 0. The molecule has 16 heavy (non-hydrogen) atoms. The molecule has 1 unspecified atom stereocenters. The zero-order valence-corrected chi connectivity index (χ0v) is 9.71. The molecule has 0 aliphatic carbocycles. The van der Waals surface area contributed by atoms with E-state index in [1.807, 2.05) is 0 Å². The molecule has 1 heterocycles. The molecule has 0 amide bonds. The van der Waals surface area contributed by atoms with Gasteiger partial charge < -0.3 is 4.74 Å². The number of hydrogen-bond donors (Lipinski definition) is 0. The predicted molar refractivity (Wildman–Crippen MR) is 55.3 cm³/mol. The van der Waals surface area contributed by atoms with Crippen molar-refractivity contribution in [3.05, 3.63) is 0 Å². The SMILES string of the molecule is O=C(OC1CSCCCS1)C(=O)C(F)(F)F. The van der Waals surface area contributed by atoms with Gasteiger partial charge in [-0.05, 0) is 17.9 Å². The number of hydrogen-bond acceptors (Lipinski definition) is 5. The van der Waals surface area contributed by atoms with Crippen molar-refractivity contribution >= 4 is 35.3 Å². The van der Waals surface area contributed by atoms with Crippen molar-refractivity contribution in [2.45, 2.75) is 18.0 Å². The summed E-state index contributed by atoms with van der Waals surface area (Å²) in [4.78, 5) is 21.4. The fraction of sp³-hybridized carbons (Fsp3) is 0.750. The Morgan fingerprint density at radius 3 is 2.56 bits per heavy atom. The van der Waals surface area contributed by atoms with E-state index < -0.39 is 23.4 Å². The molecule has 1 saturated heterocycles. The summed E-state index contributed by atoms with van der Waals surface area (Å²) in [6.45, 7) is 0. The molecule has 1 aliphatic rings. The quantitative estimate of drug-likeness (QED) is 0.568. The second kappa shape index (κ2) is 5.81. The maximum absolute atomic E-state index is 11.9. The van der Waals surface area contributed by atoms with Crippen LogP contribution < -0.4 is 0 Å². The van der Waals surface area contributed by atoms with Crippen molar-refractivity contribution < 1.29 is 27.5 Å². The third-order valence-electron chi connectivity index (χ3n) is 1.67. The molecular formula is C8H9F3O3S2. The summed E-state index contributed by atoms with van der Waals surface area (Å²) in [6.07, 6.45) is -4.24. The lowest BCUT2D eigenvalue weighted by molar-refractivity contribution is -0.183. The second-order valence-corrected chi connectivity index (χ2v) is 5.38. The summed E-state index contributed by atoms with van der Waals surface area (Å²) < 4.78 is 40.1. The van der Waals surface area contributed by atoms with Gasteiger partial charge >= 0.3 is 17.9 Å². The van der Waals surface area contributed by atoms with Gasteiger partial charge in [0.15, 0.2) is 5.44 Å². The number of ether oxygens (including phenoxy) is 1. The average molecular weight is 274 g/mol. The summed E-state index contributed by atoms with van der Waals surface area (Å²) in [5.74, 6) is -2.24. The first-order chi connectivity index (χ1) is 7.41. The second-order valence-electron chi connectivity index (χ2n) is 2.96. The Labute approximate surface area is 98.5 Å². The van der Waals surface area contributed by atoms with E-state index in [9.17, 15) is 22.8 Å². The fourth-order valence-corrected chi connectivity index (χ4v) is 3.32. The molecule has 0 aromatic carbocycles. The number of Topliss-reactive ketones (excluding diaryl/α,β-unsaturated/α-hetero) is 1. The highest BCUT2D eigenvalue weighted by Gasteiger charge is 2.45. The molecule has 0 aromatic heterocycles. The Bertz CT molecular complexity index is 272. The van der Waals surface area contributed by atoms with Crippen LogP contribution in [-0.2, 0) is 14.3 Å². The summed E-state index contributed by atoms with van der Waals surface area (Å²) in [7, 11) is 0. The van der Waals surface area contributed by atoms with Crippen LogP contribution in [0.5, 0.6) is 0 Å². The smallest absolute Gasteiger partial charge is 0.444 e. The normalized spacial score (nSPS) is 22.3. The van der Waals surface area contributed by atoms with Gasteiger partial charge in [0.25, 0.3) is 0 Å². The van der Waals surface area contributed by atoms with Crippen LogP contribution in [0.4, 0.5) is 13.2 Å². The number of rotatable bonds is 2. The Kier molecular flexibility index (Phi) is 4.97. The van der Waals surface area contributed by atoms with Crippen molar-refractivity contribution in [2.24, 2.45) is 0 Å². The van der Waals surface area contributed by atoms with Crippen molar-refractivity contribution in [1.29, 1.82) is 0 Å². The van der Waals surface area contributed by atoms with E-state index in [0.29, 0.717) is 11.5 Å². The molecule has 0 bridgehead atoms. The Hall–Kier alpha value is -0.370. The lowest BCUT2D eigenvalue weighted by atomic mass is 10.4. The van der Waals surface area contributed by atoms with Gasteiger partial charge in [0.05, 0.1) is 0 Å². The van der Waals surface area contributed by atoms with E-state index >= 15 is 0 Å². The van der Waals surface area contributed by atoms with Gasteiger partial charge in [-0.3, -0.25) is 4.79 Å². The van der Waals surface area contributed by atoms with Crippen LogP contribution in [-0.4, -0.2) is 40.6 Å². The molecule has 8 heteroatoms. The van der Waals surface area contributed by atoms with Gasteiger partial charge in [0, 0.05) is 5.75 Å². The zero-order valence-electron chi connectivity index (χ0n) is 8.08. The maximum Gasteiger partial charge on any atom is 0.461 e. The number of esters is 1. The van der Waals surface area contributed by atoms with Gasteiger partial charge in [-0.2, -0.15) is 24.9 Å². The minimum atomic E-state index is -5.15. The number of alkyl halides is 3. The largest absolute Gasteiger partial charge is 0.461 e. The molecule has 0 radical (unpaired) electrons. The van der Waals surface area contributed by atoms with Crippen LogP contribution >= 0.6 is 23.5 Å². The number of ketones is 1. The first-order valence-electron chi connectivity index (χ1n) is 4.42. The van der Waals surface area contributed by atoms with Crippen LogP contribution in [0.2, 0.25) is 0 Å². The Morgan fingerprint density at radius 1 is 1.25 bits per heavy atom. The molecule has 3 nitrogen and oxygen atoms in total. The van der Waals surface area contributed by atoms with Crippen molar-refractivity contribution in [2.75, 3.05) is 17.3 Å². The number of halogens is 3. The standard InChI is InChI=1S/C8H9F3O3S2/c9-8(10,11)6(12)7(13)14-5-4-15-2-1-3-16-5/h5H,1-4H2. The molecule has 1 aliphatic heterocycles. The van der Waals surface area contributed by atoms with Gasteiger partial charge in [0.1, 0.15) is 0 Å². The molecule has 1 fully saturated rings. The zero-order chi connectivity index (χ0) is 12.2. The molecule has 0 aromatic rings. The molecule has 1 rings (SSSR count). The maximum atomic E-state index is 11.9. The van der Waals surface area contributed by atoms with E-state index in [0.717, 1.165) is 12.2 Å². The van der Waals surface area contributed by atoms with Crippen molar-refractivity contribution in [1.82, 2.24) is 0 Å². The predicted octanol–water partition coefficient (Wildman–Crippen LogP) is 1.86. The first-order valence-corrected chi connectivity index (χ1v) is 6.63. The third-order valence-corrected chi connectivity index (χ3v) is 4.16. The number of thioether (sulfide) groups is 2. The minimum absolute atomic E-state index is 0.418. The first kappa shape index (κ1) is 13.7. The topological polar surface area (TPSA) is 43.4 Å². The van der Waals surface area contributed by atoms with Crippen LogP contribution in [0.25, 0.3) is 0 Å². The van der Waals surface area contributed by atoms with Crippen molar-refractivity contribution in [3.8, 4) is 0 Å². The van der Waals surface area contributed by atoms with Gasteiger partial charge in [-0.1, -0.05) is 0 Å². The Balaban J connectivity index is 2.47. The minimum Gasteiger partial charge on any atom is -0.444 e. The molecule has 0 spiro atoms. The van der Waals surface area contributed by atoms with Gasteiger partial charge in [-0.15, -0.1) is 11.8 Å². The van der Waals surface area contributed by atoms with E-state index in [1.54, 1.807) is 0 Å². The van der Waals surface area contributed by atoms with Crippen LogP contribution in [0.3, 0.4) is 0 Å². The van der Waals surface area contributed by atoms with Gasteiger partial charge in [0.2, 0.25) is 0 Å². The van der Waals surface area contributed by atoms with Crippen LogP contribution in [0.15, 0.2) is 0 Å². The molecule has 1 atom stereocenters. The molecule has 0 N–H and O–H groups in total. The molecule has 0 saturated carbocycles. The summed E-state index contributed by atoms with van der Waals surface area (Å²) in [5, 5.41) is 0. The summed E-state index contributed by atoms with van der Waals surface area (Å²) >= 11 is 2.75. The highest BCUT2D eigenvalue weighted by Crippen LogP contribution is 2.25. The lowest BCUT2D eigenvalue weighted by Crippen LogP contribution is -2.34. The van der Waals surface area contributed by atoms with E-state index in [2.05, 4.69) is 4.74 Å². The lowest BCUT2D eigenvalue weighted by Gasteiger charge is -2.14. The van der Waals surface area contributed by atoms with Crippen molar-refractivity contribution in [3.63, 3.8) is 0 Å². The van der Waals surface area contributed by atoms with Crippen LogP contribution in [0.1, 0.15) is 6.42 Å². The van der Waals surface area contributed by atoms with E-state index in [1.165, 1.54) is 23.5 Å². The summed E-state index contributed by atoms with van der Waals surface area (Å²) in [5.41, 5.74) is -0.661. The molecular weight excluding hydrogens is 265 g/mol. The number of carbonyl (C=O) groups excluding carboxylic acids is 2. The highest BCUT2D eigenvalue weighted by molar-refractivity contribution is 8.03. The number of carbonyl (C=O) groups is 2. The third kappa shape index (κ3) is 4.25. The molecule has 92 valence electrons. The average Bonchev–Trinajstić information content (AvgIpc) is 2.43. The monoisotopic (exact) mass is 274 g/mol. The Morgan fingerprint density at radius 2 is 1.94 bits per heavy atom. The fourth-order valence-electron chi connectivity index (χ4n) is 0.960. The van der Waals surface area contributed by atoms with Gasteiger partial charge in [-0.25, -0.2) is 4.79 Å². The van der Waals surface area contributed by atoms with E-state index in [-0.39, 0.29) is 0 Å². The highest BCUT2D eigenvalue weighted by atomic mass is 32.2. The van der Waals surface area contributed by atoms with E-state index in [4.69, 9.17) is 0 Å².